The van der Waals surface area contributed by atoms with Crippen molar-refractivity contribution in [2.75, 3.05) is 45.9 Å². The number of halogens is 1. The van der Waals surface area contributed by atoms with Gasteiger partial charge in [-0.3, -0.25) is 9.69 Å². The van der Waals surface area contributed by atoms with Gasteiger partial charge in [-0.05, 0) is 39.3 Å². The lowest BCUT2D eigenvalue weighted by atomic mass is 10.0. The minimum atomic E-state index is -0.274. The molecular weight excluding hydrogens is 390 g/mol. The van der Waals surface area contributed by atoms with Crippen LogP contribution < -0.4 is 16.0 Å². The summed E-state index contributed by atoms with van der Waals surface area (Å²) >= 11 is 6.49. The summed E-state index contributed by atoms with van der Waals surface area (Å²) in [6.45, 7) is 12.4. The monoisotopic (exact) mass is 423 g/mol. The maximum Gasteiger partial charge on any atom is 0.242 e. The van der Waals surface area contributed by atoms with E-state index in [4.69, 9.17) is 16.3 Å². The zero-order valence-corrected chi connectivity index (χ0v) is 18.7. The predicted molar refractivity (Wildman–Crippen MR) is 118 cm³/mol. The normalized spacial score (nSPS) is 16.9. The standard InChI is InChI=1S/C21H34ClN5O2/c1-5-23-20(25-15-19(28)26-21(2,3)4)24-14-18(27-10-12-29-13-11-27)16-8-6-7-9-17(16)22/h6-9,18H,5,10-15H2,1-4H3,(H,26,28)(H2,23,24,25). The van der Waals surface area contributed by atoms with Crippen LogP contribution in [0, 0.1) is 0 Å². The van der Waals surface area contributed by atoms with Gasteiger partial charge >= 0.3 is 0 Å². The topological polar surface area (TPSA) is 78.0 Å². The molecule has 0 aliphatic carbocycles. The molecule has 0 aromatic heterocycles. The quantitative estimate of drug-likeness (QED) is 0.463. The molecule has 1 aliphatic rings. The Morgan fingerprint density at radius 2 is 1.93 bits per heavy atom. The van der Waals surface area contributed by atoms with Crippen LogP contribution in [0.3, 0.4) is 0 Å². The van der Waals surface area contributed by atoms with E-state index < -0.39 is 0 Å². The largest absolute Gasteiger partial charge is 0.379 e. The number of hydrogen-bond donors (Lipinski definition) is 3. The minimum absolute atomic E-state index is 0.0704. The van der Waals surface area contributed by atoms with Crippen LogP contribution >= 0.6 is 11.6 Å². The van der Waals surface area contributed by atoms with Gasteiger partial charge in [-0.15, -0.1) is 0 Å². The van der Waals surface area contributed by atoms with Crippen molar-refractivity contribution in [1.82, 2.24) is 20.9 Å². The Bertz CT molecular complexity index is 684. The van der Waals surface area contributed by atoms with E-state index in [-0.39, 0.29) is 24.0 Å². The summed E-state index contributed by atoms with van der Waals surface area (Å²) in [5.74, 6) is 0.507. The average molecular weight is 424 g/mol. The lowest BCUT2D eigenvalue weighted by Crippen LogP contribution is -2.47. The van der Waals surface area contributed by atoms with Gasteiger partial charge in [-0.2, -0.15) is 0 Å². The second-order valence-electron chi connectivity index (χ2n) is 8.06. The number of carbonyl (C=O) groups excluding carboxylic acids is 1. The second-order valence-corrected chi connectivity index (χ2v) is 8.47. The lowest BCUT2D eigenvalue weighted by Gasteiger charge is -2.35. The first kappa shape index (κ1) is 23.4. The number of nitrogens with zero attached hydrogens (tertiary/aromatic N) is 2. The second kappa shape index (κ2) is 11.4. The van der Waals surface area contributed by atoms with E-state index in [9.17, 15) is 4.79 Å². The van der Waals surface area contributed by atoms with Crippen molar-refractivity contribution in [2.45, 2.75) is 39.3 Å². The minimum Gasteiger partial charge on any atom is -0.379 e. The van der Waals surface area contributed by atoms with Crippen LogP contribution in [0.2, 0.25) is 5.02 Å². The molecule has 29 heavy (non-hydrogen) atoms. The summed E-state index contributed by atoms with van der Waals surface area (Å²) in [5, 5.41) is 10.3. The molecule has 1 fully saturated rings. The Morgan fingerprint density at radius 3 is 2.55 bits per heavy atom. The molecule has 1 aromatic carbocycles. The van der Waals surface area contributed by atoms with Gasteiger partial charge in [-0.1, -0.05) is 29.8 Å². The molecule has 1 amide bonds. The number of amides is 1. The van der Waals surface area contributed by atoms with Crippen molar-refractivity contribution in [1.29, 1.82) is 0 Å². The first-order valence-corrected chi connectivity index (χ1v) is 10.6. The highest BCUT2D eigenvalue weighted by molar-refractivity contribution is 6.31. The fourth-order valence-corrected chi connectivity index (χ4v) is 3.48. The molecule has 1 atom stereocenters. The van der Waals surface area contributed by atoms with Crippen molar-refractivity contribution in [2.24, 2.45) is 4.99 Å². The van der Waals surface area contributed by atoms with Gasteiger partial charge in [0.2, 0.25) is 5.91 Å². The Morgan fingerprint density at radius 1 is 1.24 bits per heavy atom. The van der Waals surface area contributed by atoms with Crippen molar-refractivity contribution < 1.29 is 9.53 Å². The van der Waals surface area contributed by atoms with Crippen LogP contribution in [0.5, 0.6) is 0 Å². The van der Waals surface area contributed by atoms with Gasteiger partial charge in [0.25, 0.3) is 0 Å². The van der Waals surface area contributed by atoms with Crippen molar-refractivity contribution in [3.05, 3.63) is 34.9 Å². The maximum atomic E-state index is 12.1. The molecule has 7 nitrogen and oxygen atoms in total. The summed E-state index contributed by atoms with van der Waals surface area (Å²) < 4.78 is 5.51. The number of guanidine groups is 1. The number of carbonyl (C=O) groups is 1. The Balaban J connectivity index is 2.08. The highest BCUT2D eigenvalue weighted by Gasteiger charge is 2.24. The SMILES string of the molecule is CCNC(=NCC(=O)NC(C)(C)C)NCC(c1ccccc1Cl)N1CCOCC1. The van der Waals surface area contributed by atoms with Gasteiger partial charge in [0, 0.05) is 36.7 Å². The number of ether oxygens (including phenoxy) is 1. The van der Waals surface area contributed by atoms with Gasteiger partial charge in [0.15, 0.2) is 5.96 Å². The van der Waals surface area contributed by atoms with Crippen LogP contribution in [-0.4, -0.2) is 68.2 Å². The van der Waals surface area contributed by atoms with E-state index in [0.29, 0.717) is 32.3 Å². The molecule has 0 saturated carbocycles. The van der Waals surface area contributed by atoms with E-state index in [1.165, 1.54) is 0 Å². The van der Waals surface area contributed by atoms with Gasteiger partial charge in [0.1, 0.15) is 6.54 Å². The Labute approximate surface area is 179 Å². The smallest absolute Gasteiger partial charge is 0.242 e. The highest BCUT2D eigenvalue weighted by Crippen LogP contribution is 2.27. The summed E-state index contributed by atoms with van der Waals surface area (Å²) in [5.41, 5.74) is 0.800. The molecule has 0 bridgehead atoms. The van der Waals surface area contributed by atoms with Crippen LogP contribution in [-0.2, 0) is 9.53 Å². The fourth-order valence-electron chi connectivity index (χ4n) is 3.21. The summed E-state index contributed by atoms with van der Waals surface area (Å²) in [7, 11) is 0. The average Bonchev–Trinajstić information content (AvgIpc) is 2.67. The third kappa shape index (κ3) is 8.20. The van der Waals surface area contributed by atoms with E-state index >= 15 is 0 Å². The van der Waals surface area contributed by atoms with Crippen LogP contribution in [0.1, 0.15) is 39.3 Å². The zero-order valence-electron chi connectivity index (χ0n) is 17.9. The van der Waals surface area contributed by atoms with Crippen molar-refractivity contribution in [3.8, 4) is 0 Å². The number of aliphatic imine (C=N–C) groups is 1. The molecule has 1 saturated heterocycles. The number of morpholine rings is 1. The third-order valence-electron chi connectivity index (χ3n) is 4.45. The molecular formula is C21H34ClN5O2. The number of rotatable bonds is 7. The summed E-state index contributed by atoms with van der Waals surface area (Å²) in [6, 6.07) is 8.01. The third-order valence-corrected chi connectivity index (χ3v) is 4.80. The first-order valence-electron chi connectivity index (χ1n) is 10.2. The Hall–Kier alpha value is -1.83. The predicted octanol–water partition coefficient (Wildman–Crippen LogP) is 2.18. The molecule has 1 aromatic rings. The molecule has 0 spiro atoms. The summed E-state index contributed by atoms with van der Waals surface area (Å²) in [6.07, 6.45) is 0. The lowest BCUT2D eigenvalue weighted by molar-refractivity contribution is -0.121. The molecule has 0 radical (unpaired) electrons. The Kier molecular flexibility index (Phi) is 9.20. The van der Waals surface area contributed by atoms with Gasteiger partial charge < -0.3 is 20.7 Å². The number of nitrogens with one attached hydrogen (secondary N) is 3. The molecule has 1 unspecified atom stereocenters. The number of benzene rings is 1. The van der Waals surface area contributed by atoms with Crippen molar-refractivity contribution >= 4 is 23.5 Å². The van der Waals surface area contributed by atoms with Gasteiger partial charge in [0.05, 0.1) is 19.3 Å². The van der Waals surface area contributed by atoms with E-state index in [2.05, 4.69) is 31.9 Å². The van der Waals surface area contributed by atoms with Crippen LogP contribution in [0.15, 0.2) is 29.3 Å². The zero-order chi connectivity index (χ0) is 21.3. The molecule has 2 rings (SSSR count). The number of hydrogen-bond acceptors (Lipinski definition) is 4. The highest BCUT2D eigenvalue weighted by atomic mass is 35.5. The molecule has 162 valence electrons. The summed E-state index contributed by atoms with van der Waals surface area (Å²) in [4.78, 5) is 18.9. The van der Waals surface area contributed by atoms with Crippen molar-refractivity contribution in [3.63, 3.8) is 0 Å². The fraction of sp³-hybridized carbons (Fsp3) is 0.619. The van der Waals surface area contributed by atoms with E-state index in [1.807, 2.05) is 45.9 Å². The van der Waals surface area contributed by atoms with E-state index in [0.717, 1.165) is 23.7 Å². The van der Waals surface area contributed by atoms with Crippen LogP contribution in [0.4, 0.5) is 0 Å². The van der Waals surface area contributed by atoms with Gasteiger partial charge in [-0.25, -0.2) is 4.99 Å². The molecule has 3 N–H and O–H groups in total. The maximum absolute atomic E-state index is 12.1. The molecule has 1 heterocycles. The van der Waals surface area contributed by atoms with Crippen LogP contribution in [0.25, 0.3) is 0 Å². The first-order chi connectivity index (χ1) is 13.8. The molecule has 8 heteroatoms. The molecule has 1 aliphatic heterocycles. The van der Waals surface area contributed by atoms with E-state index in [1.54, 1.807) is 0 Å².